The second-order valence-electron chi connectivity index (χ2n) is 7.43. The first-order valence-corrected chi connectivity index (χ1v) is 9.82. The summed E-state index contributed by atoms with van der Waals surface area (Å²) in [6.07, 6.45) is 13.5. The molecule has 2 aliphatic rings. The zero-order valence-corrected chi connectivity index (χ0v) is 15.5. The summed E-state index contributed by atoms with van der Waals surface area (Å²) in [7, 11) is 0. The molecule has 1 aliphatic carbocycles. The van der Waals surface area contributed by atoms with E-state index in [0.717, 1.165) is 52.7 Å². The maximum atomic E-state index is 6.26. The Bertz CT molecular complexity index is 1310. The number of anilines is 1. The summed E-state index contributed by atoms with van der Waals surface area (Å²) in [5.74, 6) is 1.08. The van der Waals surface area contributed by atoms with Crippen molar-refractivity contribution in [3.05, 3.63) is 83.6 Å². The molecule has 0 radical (unpaired) electrons. The third kappa shape index (κ3) is 2.29. The van der Waals surface area contributed by atoms with Crippen LogP contribution in [0.25, 0.3) is 39.1 Å². The highest BCUT2D eigenvalue weighted by atomic mass is 16.3. The lowest BCUT2D eigenvalue weighted by Crippen LogP contribution is -2.12. The predicted octanol–water partition coefficient (Wildman–Crippen LogP) is 6.67. The minimum atomic E-state index is 0.845. The van der Waals surface area contributed by atoms with Crippen LogP contribution >= 0.6 is 0 Å². The topological polar surface area (TPSA) is 41.0 Å². The van der Waals surface area contributed by atoms with Crippen LogP contribution in [0, 0.1) is 0 Å². The van der Waals surface area contributed by atoms with Crippen molar-refractivity contribution in [2.45, 2.75) is 12.8 Å². The van der Waals surface area contributed by atoms with Crippen molar-refractivity contribution in [3.63, 3.8) is 0 Å². The van der Waals surface area contributed by atoms with E-state index in [1.807, 2.05) is 12.1 Å². The van der Waals surface area contributed by atoms with Crippen molar-refractivity contribution in [3.8, 4) is 11.1 Å². The molecule has 0 spiro atoms. The number of benzene rings is 2. The summed E-state index contributed by atoms with van der Waals surface area (Å²) >= 11 is 0. The highest BCUT2D eigenvalue weighted by Gasteiger charge is 2.20. The lowest BCUT2D eigenvalue weighted by molar-refractivity contribution is 0.670. The van der Waals surface area contributed by atoms with Crippen LogP contribution in [0.1, 0.15) is 18.4 Å². The van der Waals surface area contributed by atoms with Crippen LogP contribution in [-0.2, 0) is 0 Å². The first-order chi connectivity index (χ1) is 13.9. The Hall–Kier alpha value is -3.46. The molecule has 136 valence electrons. The number of hydrogen-bond donors (Lipinski definition) is 2. The molecule has 4 aromatic rings. The standard InChI is InChI=1S/C25H20N2O/c1-2-7-16(8-3-1)17-13-21-22(15-27-25(21)26-14-17)20-11-6-10-19-18-9-4-5-12-23(18)28-24(19)20/h2,4-13,15,26-27H,1,3,14H2. The van der Waals surface area contributed by atoms with Gasteiger partial charge in [0.15, 0.2) is 0 Å². The number of aromatic nitrogens is 1. The fourth-order valence-corrected chi connectivity index (χ4v) is 4.36. The number of para-hydroxylation sites is 2. The summed E-state index contributed by atoms with van der Waals surface area (Å²) in [6, 6.07) is 14.6. The maximum Gasteiger partial charge on any atom is 0.143 e. The Morgan fingerprint density at radius 2 is 1.82 bits per heavy atom. The lowest BCUT2D eigenvalue weighted by Gasteiger charge is -2.19. The van der Waals surface area contributed by atoms with E-state index in [1.165, 1.54) is 22.3 Å². The molecule has 0 atom stereocenters. The average Bonchev–Trinajstić information content (AvgIpc) is 3.35. The molecule has 2 aromatic heterocycles. The van der Waals surface area contributed by atoms with E-state index in [4.69, 9.17) is 4.42 Å². The molecule has 2 aromatic carbocycles. The monoisotopic (exact) mass is 364 g/mol. The van der Waals surface area contributed by atoms with Crippen LogP contribution in [0.5, 0.6) is 0 Å². The Kier molecular flexibility index (Phi) is 3.36. The first-order valence-electron chi connectivity index (χ1n) is 9.82. The van der Waals surface area contributed by atoms with Gasteiger partial charge in [0.2, 0.25) is 0 Å². The number of furan rings is 1. The molecule has 3 heterocycles. The Balaban J connectivity index is 1.55. The zero-order valence-electron chi connectivity index (χ0n) is 15.5. The predicted molar refractivity (Wildman–Crippen MR) is 116 cm³/mol. The quantitative estimate of drug-likeness (QED) is 0.417. The first kappa shape index (κ1) is 15.6. The zero-order chi connectivity index (χ0) is 18.5. The van der Waals surface area contributed by atoms with E-state index in [-0.39, 0.29) is 0 Å². The molecule has 28 heavy (non-hydrogen) atoms. The molecule has 1 aliphatic heterocycles. The van der Waals surface area contributed by atoms with Gasteiger partial charge in [-0.2, -0.15) is 0 Å². The van der Waals surface area contributed by atoms with Gasteiger partial charge >= 0.3 is 0 Å². The number of hydrogen-bond acceptors (Lipinski definition) is 2. The van der Waals surface area contributed by atoms with Gasteiger partial charge in [0, 0.05) is 40.2 Å². The van der Waals surface area contributed by atoms with Gasteiger partial charge in [-0.25, -0.2) is 0 Å². The number of aromatic amines is 1. The van der Waals surface area contributed by atoms with Gasteiger partial charge in [-0.3, -0.25) is 0 Å². The normalized spacial score (nSPS) is 16.0. The molecule has 3 nitrogen and oxygen atoms in total. The summed E-state index contributed by atoms with van der Waals surface area (Å²) < 4.78 is 6.26. The fourth-order valence-electron chi connectivity index (χ4n) is 4.36. The van der Waals surface area contributed by atoms with Crippen molar-refractivity contribution in [1.29, 1.82) is 0 Å². The van der Waals surface area contributed by atoms with Gasteiger partial charge < -0.3 is 14.7 Å². The number of allylic oxidation sites excluding steroid dienone is 3. The largest absolute Gasteiger partial charge is 0.455 e. The van der Waals surface area contributed by atoms with E-state index >= 15 is 0 Å². The Labute approximate surface area is 163 Å². The highest BCUT2D eigenvalue weighted by molar-refractivity contribution is 6.10. The number of H-pyrrole nitrogens is 1. The summed E-state index contributed by atoms with van der Waals surface area (Å²) in [4.78, 5) is 3.41. The molecule has 2 N–H and O–H groups in total. The molecule has 0 saturated heterocycles. The van der Waals surface area contributed by atoms with Crippen molar-refractivity contribution < 1.29 is 4.42 Å². The van der Waals surface area contributed by atoms with Gasteiger partial charge in [-0.05, 0) is 36.1 Å². The van der Waals surface area contributed by atoms with Gasteiger partial charge in [-0.15, -0.1) is 0 Å². The van der Waals surface area contributed by atoms with Gasteiger partial charge in [0.1, 0.15) is 17.0 Å². The van der Waals surface area contributed by atoms with Crippen LogP contribution < -0.4 is 5.32 Å². The van der Waals surface area contributed by atoms with E-state index in [0.29, 0.717) is 0 Å². The summed E-state index contributed by atoms with van der Waals surface area (Å²) in [5, 5.41) is 5.87. The molecule has 6 rings (SSSR count). The number of fused-ring (bicyclic) bond motifs is 4. The van der Waals surface area contributed by atoms with Gasteiger partial charge in [0.05, 0.1) is 0 Å². The summed E-state index contributed by atoms with van der Waals surface area (Å²) in [6.45, 7) is 0.845. The molecule has 0 amide bonds. The minimum Gasteiger partial charge on any atom is -0.455 e. The molecule has 3 heteroatoms. The van der Waals surface area contributed by atoms with Crippen molar-refractivity contribution in [1.82, 2.24) is 4.98 Å². The summed E-state index contributed by atoms with van der Waals surface area (Å²) in [5.41, 5.74) is 8.04. The molecule has 0 saturated carbocycles. The molecule has 0 bridgehead atoms. The van der Waals surface area contributed by atoms with Gasteiger partial charge in [-0.1, -0.05) is 54.6 Å². The van der Waals surface area contributed by atoms with Gasteiger partial charge in [0.25, 0.3) is 0 Å². The van der Waals surface area contributed by atoms with Crippen LogP contribution in [0.15, 0.2) is 82.5 Å². The van der Waals surface area contributed by atoms with Crippen LogP contribution in [0.4, 0.5) is 5.82 Å². The van der Waals surface area contributed by atoms with Crippen molar-refractivity contribution in [2.24, 2.45) is 0 Å². The molecular weight excluding hydrogens is 344 g/mol. The lowest BCUT2D eigenvalue weighted by atomic mass is 9.93. The maximum absolute atomic E-state index is 6.26. The minimum absolute atomic E-state index is 0.845. The molecule has 0 unspecified atom stereocenters. The van der Waals surface area contributed by atoms with Crippen LogP contribution in [-0.4, -0.2) is 11.5 Å². The van der Waals surface area contributed by atoms with Crippen molar-refractivity contribution >= 4 is 33.8 Å². The molecule has 0 fully saturated rings. The Morgan fingerprint density at radius 3 is 2.75 bits per heavy atom. The third-order valence-electron chi connectivity index (χ3n) is 5.75. The van der Waals surface area contributed by atoms with E-state index in [9.17, 15) is 0 Å². The van der Waals surface area contributed by atoms with E-state index in [2.05, 4.69) is 71.1 Å². The highest BCUT2D eigenvalue weighted by Crippen LogP contribution is 2.40. The average molecular weight is 364 g/mol. The number of rotatable bonds is 2. The van der Waals surface area contributed by atoms with E-state index in [1.54, 1.807) is 0 Å². The second-order valence-corrected chi connectivity index (χ2v) is 7.43. The SMILES string of the molecule is C1=CC(C2=Cc3c(-c4cccc5c4oc4ccccc45)c[nH]c3NC2)=CCC1. The van der Waals surface area contributed by atoms with Crippen molar-refractivity contribution in [2.75, 3.05) is 11.9 Å². The Morgan fingerprint density at radius 1 is 0.893 bits per heavy atom. The number of nitrogens with one attached hydrogen (secondary N) is 2. The second kappa shape index (κ2) is 6.03. The fraction of sp³-hybridized carbons (Fsp3) is 0.120. The smallest absolute Gasteiger partial charge is 0.143 e. The molecular formula is C25H20N2O. The van der Waals surface area contributed by atoms with Crippen LogP contribution in [0.2, 0.25) is 0 Å². The third-order valence-corrected chi connectivity index (χ3v) is 5.75. The van der Waals surface area contributed by atoms with E-state index < -0.39 is 0 Å². The van der Waals surface area contributed by atoms with Crippen LogP contribution in [0.3, 0.4) is 0 Å².